The summed E-state index contributed by atoms with van der Waals surface area (Å²) in [6, 6.07) is 16.2. The van der Waals surface area contributed by atoms with E-state index in [4.69, 9.17) is 0 Å². The Morgan fingerprint density at radius 2 is 1.73 bits per heavy atom. The lowest BCUT2D eigenvalue weighted by Crippen LogP contribution is -2.28. The van der Waals surface area contributed by atoms with Crippen molar-refractivity contribution in [1.29, 1.82) is 0 Å². The highest BCUT2D eigenvalue weighted by Crippen LogP contribution is 2.28. The van der Waals surface area contributed by atoms with Gasteiger partial charge in [0.2, 0.25) is 0 Å². The predicted molar refractivity (Wildman–Crippen MR) is 103 cm³/mol. The van der Waals surface area contributed by atoms with Crippen molar-refractivity contribution in [1.82, 2.24) is 14.9 Å². The monoisotopic (exact) mass is 343 g/mol. The van der Waals surface area contributed by atoms with Crippen molar-refractivity contribution in [3.05, 3.63) is 84.5 Å². The van der Waals surface area contributed by atoms with Gasteiger partial charge in [-0.15, -0.1) is 0 Å². The first-order valence-electron chi connectivity index (χ1n) is 8.84. The molecule has 1 aromatic heterocycles. The van der Waals surface area contributed by atoms with Crippen LogP contribution < -0.4 is 0 Å². The lowest BCUT2D eigenvalue weighted by Gasteiger charge is -2.27. The van der Waals surface area contributed by atoms with E-state index >= 15 is 0 Å². The molecule has 4 nitrogen and oxygen atoms in total. The molecule has 1 aliphatic heterocycles. The molecule has 4 rings (SSSR count). The third kappa shape index (κ3) is 3.65. The highest BCUT2D eigenvalue weighted by Gasteiger charge is 2.15. The molecule has 0 amide bonds. The molecule has 0 spiro atoms. The Labute approximate surface area is 153 Å². The molecule has 0 saturated heterocycles. The second-order valence-electron chi connectivity index (χ2n) is 6.55. The Morgan fingerprint density at radius 3 is 2.46 bits per heavy atom. The summed E-state index contributed by atoms with van der Waals surface area (Å²) in [5, 5.41) is 10.3. The maximum atomic E-state index is 10.3. The van der Waals surface area contributed by atoms with Crippen LogP contribution in [0, 0.1) is 0 Å². The van der Waals surface area contributed by atoms with E-state index < -0.39 is 0 Å². The minimum atomic E-state index is 0.337. The maximum Gasteiger partial charge on any atom is 0.120 e. The third-order valence-electron chi connectivity index (χ3n) is 4.81. The van der Waals surface area contributed by atoms with E-state index in [9.17, 15) is 5.11 Å². The van der Waals surface area contributed by atoms with Crippen molar-refractivity contribution in [2.75, 3.05) is 13.1 Å². The molecule has 1 aliphatic rings. The zero-order valence-electron chi connectivity index (χ0n) is 14.5. The summed E-state index contributed by atoms with van der Waals surface area (Å²) >= 11 is 0. The molecule has 0 atom stereocenters. The van der Waals surface area contributed by atoms with E-state index in [2.05, 4.69) is 45.2 Å². The van der Waals surface area contributed by atoms with Crippen LogP contribution in [0.2, 0.25) is 0 Å². The number of rotatable bonds is 4. The highest BCUT2D eigenvalue weighted by molar-refractivity contribution is 5.66. The number of nitrogens with zero attached hydrogens (tertiary/aromatic N) is 3. The van der Waals surface area contributed by atoms with Crippen molar-refractivity contribution >= 4 is 5.57 Å². The van der Waals surface area contributed by atoms with Crippen LogP contribution in [0.4, 0.5) is 0 Å². The summed E-state index contributed by atoms with van der Waals surface area (Å²) in [4.78, 5) is 10.5. The molecule has 1 N–H and O–H groups in total. The largest absolute Gasteiger partial charge is 0.508 e. The van der Waals surface area contributed by atoms with Gasteiger partial charge in [0.15, 0.2) is 0 Å². The topological polar surface area (TPSA) is 49.3 Å². The molecule has 2 aromatic carbocycles. The minimum absolute atomic E-state index is 0.337. The number of aromatic nitrogens is 2. The average molecular weight is 343 g/mol. The normalized spacial score (nSPS) is 14.8. The zero-order chi connectivity index (χ0) is 17.8. The minimum Gasteiger partial charge on any atom is -0.508 e. The first kappa shape index (κ1) is 16.5. The Hall–Kier alpha value is -2.98. The summed E-state index contributed by atoms with van der Waals surface area (Å²) in [7, 11) is 0. The summed E-state index contributed by atoms with van der Waals surface area (Å²) in [5.41, 5.74) is 5.62. The molecule has 0 bridgehead atoms. The molecule has 0 fully saturated rings. The van der Waals surface area contributed by atoms with Gasteiger partial charge < -0.3 is 5.11 Å². The number of phenols is 1. The van der Waals surface area contributed by atoms with Crippen LogP contribution in [-0.2, 0) is 6.54 Å². The van der Waals surface area contributed by atoms with E-state index in [1.54, 1.807) is 18.5 Å². The summed E-state index contributed by atoms with van der Waals surface area (Å²) in [6.45, 7) is 2.60. The molecule has 0 radical (unpaired) electrons. The van der Waals surface area contributed by atoms with Gasteiger partial charge in [-0.25, -0.2) is 9.97 Å². The van der Waals surface area contributed by atoms with Crippen molar-refractivity contribution in [3.63, 3.8) is 0 Å². The van der Waals surface area contributed by atoms with Gasteiger partial charge in [0.1, 0.15) is 12.1 Å². The lowest BCUT2D eigenvalue weighted by molar-refractivity contribution is 0.289. The van der Waals surface area contributed by atoms with Crippen LogP contribution in [0.25, 0.3) is 16.7 Å². The number of phenolic OH excluding ortho intramolecular Hbond substituents is 1. The second-order valence-corrected chi connectivity index (χ2v) is 6.55. The van der Waals surface area contributed by atoms with Gasteiger partial charge in [-0.1, -0.05) is 42.5 Å². The quantitative estimate of drug-likeness (QED) is 0.773. The van der Waals surface area contributed by atoms with E-state index in [1.165, 1.54) is 17.5 Å². The lowest BCUT2D eigenvalue weighted by atomic mass is 9.99. The second kappa shape index (κ2) is 7.50. The van der Waals surface area contributed by atoms with E-state index in [0.29, 0.717) is 5.75 Å². The average Bonchev–Trinajstić information content (AvgIpc) is 2.71. The van der Waals surface area contributed by atoms with Gasteiger partial charge in [-0.05, 0) is 35.3 Å². The van der Waals surface area contributed by atoms with Gasteiger partial charge in [-0.2, -0.15) is 0 Å². The molecule has 0 aliphatic carbocycles. The van der Waals surface area contributed by atoms with Crippen LogP contribution >= 0.6 is 0 Å². The Bertz CT molecular complexity index is 907. The SMILES string of the molecule is Oc1ccc(-c2cncnc2)cc1CN1CC=C(c2ccccc2)CC1. The van der Waals surface area contributed by atoms with Crippen LogP contribution in [0.15, 0.2) is 73.3 Å². The molecular formula is C22H21N3O. The van der Waals surface area contributed by atoms with E-state index in [0.717, 1.165) is 42.7 Å². The fraction of sp³-hybridized carbons (Fsp3) is 0.182. The van der Waals surface area contributed by atoms with Gasteiger partial charge in [0, 0.05) is 43.2 Å². The number of hydrogen-bond acceptors (Lipinski definition) is 4. The highest BCUT2D eigenvalue weighted by atomic mass is 16.3. The molecule has 130 valence electrons. The first-order valence-corrected chi connectivity index (χ1v) is 8.84. The molecule has 26 heavy (non-hydrogen) atoms. The predicted octanol–water partition coefficient (Wildman–Crippen LogP) is 4.14. The number of hydrogen-bond donors (Lipinski definition) is 1. The van der Waals surface area contributed by atoms with E-state index in [-0.39, 0.29) is 0 Å². The number of aromatic hydroxyl groups is 1. The first-order chi connectivity index (χ1) is 12.8. The fourth-order valence-electron chi connectivity index (χ4n) is 3.35. The van der Waals surface area contributed by atoms with Crippen LogP contribution in [0.3, 0.4) is 0 Å². The van der Waals surface area contributed by atoms with Gasteiger partial charge >= 0.3 is 0 Å². The van der Waals surface area contributed by atoms with Crippen LogP contribution in [0.1, 0.15) is 17.5 Å². The Balaban J connectivity index is 1.49. The molecule has 0 unspecified atom stereocenters. The van der Waals surface area contributed by atoms with Crippen molar-refractivity contribution in [2.45, 2.75) is 13.0 Å². The van der Waals surface area contributed by atoms with Crippen LogP contribution in [0.5, 0.6) is 5.75 Å². The van der Waals surface area contributed by atoms with Gasteiger partial charge in [-0.3, -0.25) is 4.90 Å². The van der Waals surface area contributed by atoms with Gasteiger partial charge in [0.05, 0.1) is 0 Å². The molecule has 0 saturated carbocycles. The Kier molecular flexibility index (Phi) is 4.75. The molecule has 2 heterocycles. The molecule has 4 heteroatoms. The smallest absolute Gasteiger partial charge is 0.120 e. The van der Waals surface area contributed by atoms with Crippen LogP contribution in [-0.4, -0.2) is 33.1 Å². The number of benzene rings is 2. The van der Waals surface area contributed by atoms with Gasteiger partial charge in [0.25, 0.3) is 0 Å². The summed E-state index contributed by atoms with van der Waals surface area (Å²) in [5.74, 6) is 0.337. The van der Waals surface area contributed by atoms with Crippen molar-refractivity contribution in [2.24, 2.45) is 0 Å². The summed E-state index contributed by atoms with van der Waals surface area (Å²) in [6.07, 6.45) is 8.43. The fourth-order valence-corrected chi connectivity index (χ4v) is 3.35. The maximum absolute atomic E-state index is 10.3. The molecular weight excluding hydrogens is 322 g/mol. The molecule has 3 aromatic rings. The summed E-state index contributed by atoms with van der Waals surface area (Å²) < 4.78 is 0. The third-order valence-corrected chi connectivity index (χ3v) is 4.81. The standard InChI is InChI=1S/C22H21N3O/c26-22-7-6-19(21-13-23-16-24-14-21)12-20(22)15-25-10-8-18(9-11-25)17-4-2-1-3-5-17/h1-8,12-14,16,26H,9-11,15H2. The Morgan fingerprint density at radius 1 is 0.923 bits per heavy atom. The van der Waals surface area contributed by atoms with Crippen molar-refractivity contribution in [3.8, 4) is 16.9 Å². The van der Waals surface area contributed by atoms with Crippen molar-refractivity contribution < 1.29 is 5.11 Å². The van der Waals surface area contributed by atoms with E-state index in [1.807, 2.05) is 18.2 Å². The zero-order valence-corrected chi connectivity index (χ0v) is 14.5.